The first-order valence-electron chi connectivity index (χ1n) is 5.58. The molecule has 1 aromatic carbocycles. The van der Waals surface area contributed by atoms with Gasteiger partial charge in [0.2, 0.25) is 0 Å². The van der Waals surface area contributed by atoms with Crippen molar-refractivity contribution in [1.29, 1.82) is 0 Å². The van der Waals surface area contributed by atoms with E-state index in [1.807, 2.05) is 0 Å². The van der Waals surface area contributed by atoms with Gasteiger partial charge in [0.1, 0.15) is 24.1 Å². The summed E-state index contributed by atoms with van der Waals surface area (Å²) in [6, 6.07) is 6.17. The molecule has 0 aliphatic heterocycles. The fourth-order valence-electron chi connectivity index (χ4n) is 1.84. The fourth-order valence-corrected chi connectivity index (χ4v) is 2.16. The number of nitrogens with zero attached hydrogens (tertiary/aromatic N) is 1. The SMILES string of the molecule is [B]c1ccc(Br)nc1C(N)Cc1cc(F)cc(F)c1. The highest BCUT2D eigenvalue weighted by atomic mass is 79.9. The molecule has 19 heavy (non-hydrogen) atoms. The molecule has 1 heterocycles. The van der Waals surface area contributed by atoms with E-state index in [0.717, 1.165) is 6.07 Å². The van der Waals surface area contributed by atoms with Crippen LogP contribution in [-0.4, -0.2) is 12.8 Å². The standard InChI is InChI=1S/C13H10BBrF2N2/c14-10-1-2-12(15)19-13(10)11(18)5-7-3-8(16)6-9(17)4-7/h1-4,6,11H,5,18H2. The zero-order chi connectivity index (χ0) is 14.0. The van der Waals surface area contributed by atoms with Crippen molar-refractivity contribution in [2.45, 2.75) is 12.5 Å². The monoisotopic (exact) mass is 322 g/mol. The van der Waals surface area contributed by atoms with E-state index < -0.39 is 17.7 Å². The van der Waals surface area contributed by atoms with Crippen LogP contribution in [-0.2, 0) is 6.42 Å². The minimum Gasteiger partial charge on any atom is -0.322 e. The highest BCUT2D eigenvalue weighted by molar-refractivity contribution is 9.10. The van der Waals surface area contributed by atoms with Crippen molar-refractivity contribution in [3.8, 4) is 0 Å². The van der Waals surface area contributed by atoms with Crippen molar-refractivity contribution < 1.29 is 8.78 Å². The lowest BCUT2D eigenvalue weighted by Crippen LogP contribution is -2.24. The van der Waals surface area contributed by atoms with Gasteiger partial charge in [-0.1, -0.05) is 11.5 Å². The molecule has 0 aliphatic rings. The third-order valence-electron chi connectivity index (χ3n) is 2.65. The van der Waals surface area contributed by atoms with E-state index in [2.05, 4.69) is 20.9 Å². The molecule has 1 unspecified atom stereocenters. The highest BCUT2D eigenvalue weighted by Gasteiger charge is 2.13. The van der Waals surface area contributed by atoms with Gasteiger partial charge >= 0.3 is 0 Å². The van der Waals surface area contributed by atoms with Crippen molar-refractivity contribution >= 4 is 29.2 Å². The van der Waals surface area contributed by atoms with Gasteiger partial charge in [0, 0.05) is 6.07 Å². The number of pyridine rings is 1. The molecule has 1 aromatic heterocycles. The number of hydrogen-bond acceptors (Lipinski definition) is 2. The number of rotatable bonds is 3. The summed E-state index contributed by atoms with van der Waals surface area (Å²) in [5.41, 5.74) is 7.40. The minimum absolute atomic E-state index is 0.252. The fraction of sp³-hybridized carbons (Fsp3) is 0.154. The van der Waals surface area contributed by atoms with Gasteiger partial charge in [-0.2, -0.15) is 0 Å². The van der Waals surface area contributed by atoms with E-state index >= 15 is 0 Å². The van der Waals surface area contributed by atoms with Crippen LogP contribution < -0.4 is 11.2 Å². The molecule has 0 aliphatic carbocycles. The smallest absolute Gasteiger partial charge is 0.126 e. The molecule has 0 spiro atoms. The molecule has 0 saturated heterocycles. The number of hydrogen-bond donors (Lipinski definition) is 1. The molecule has 2 nitrogen and oxygen atoms in total. The molecular formula is C13H10BBrF2N2. The molecule has 0 fully saturated rings. The quantitative estimate of drug-likeness (QED) is 0.694. The van der Waals surface area contributed by atoms with E-state index in [0.29, 0.717) is 21.3 Å². The number of halogens is 3. The Hall–Kier alpha value is -1.27. The Labute approximate surface area is 119 Å². The van der Waals surface area contributed by atoms with Crippen molar-refractivity contribution in [3.05, 3.63) is 57.8 Å². The Morgan fingerprint density at radius 3 is 2.47 bits per heavy atom. The number of nitrogens with two attached hydrogens (primary N) is 1. The lowest BCUT2D eigenvalue weighted by atomic mass is 9.89. The molecule has 1 atom stereocenters. The predicted octanol–water partition coefficient (Wildman–Crippen LogP) is 2.16. The maximum atomic E-state index is 13.1. The van der Waals surface area contributed by atoms with Crippen molar-refractivity contribution in [2.75, 3.05) is 0 Å². The van der Waals surface area contributed by atoms with Crippen LogP contribution >= 0.6 is 15.9 Å². The molecule has 96 valence electrons. The highest BCUT2D eigenvalue weighted by Crippen LogP contribution is 2.17. The average Bonchev–Trinajstić information content (AvgIpc) is 2.30. The van der Waals surface area contributed by atoms with Crippen LogP contribution in [0.3, 0.4) is 0 Å². The third kappa shape index (κ3) is 3.61. The molecule has 2 radical (unpaired) electrons. The largest absolute Gasteiger partial charge is 0.322 e. The Balaban J connectivity index is 2.25. The molecule has 0 saturated carbocycles. The first kappa shape index (κ1) is 14.2. The van der Waals surface area contributed by atoms with Crippen molar-refractivity contribution in [1.82, 2.24) is 4.98 Å². The van der Waals surface area contributed by atoms with E-state index in [9.17, 15) is 8.78 Å². The number of benzene rings is 1. The predicted molar refractivity (Wildman–Crippen MR) is 74.3 cm³/mol. The van der Waals surface area contributed by atoms with Gasteiger partial charge in [0.05, 0.1) is 11.7 Å². The normalized spacial score (nSPS) is 12.4. The second-order valence-corrected chi connectivity index (χ2v) is 5.01. The molecule has 2 rings (SSSR count). The van der Waals surface area contributed by atoms with Gasteiger partial charge in [0.15, 0.2) is 0 Å². The van der Waals surface area contributed by atoms with Crippen LogP contribution in [0, 0.1) is 11.6 Å². The van der Waals surface area contributed by atoms with E-state index in [-0.39, 0.29) is 6.42 Å². The first-order chi connectivity index (χ1) is 8.95. The summed E-state index contributed by atoms with van der Waals surface area (Å²) in [4.78, 5) is 4.19. The zero-order valence-electron chi connectivity index (χ0n) is 9.91. The summed E-state index contributed by atoms with van der Waals surface area (Å²) in [5, 5.41) is 0. The van der Waals surface area contributed by atoms with Gasteiger partial charge in [-0.05, 0) is 46.1 Å². The Morgan fingerprint density at radius 2 is 1.84 bits per heavy atom. The van der Waals surface area contributed by atoms with Crippen LogP contribution in [0.5, 0.6) is 0 Å². The Bertz CT molecular complexity index is 587. The minimum atomic E-state index is -0.627. The lowest BCUT2D eigenvalue weighted by molar-refractivity contribution is 0.576. The number of aromatic nitrogens is 1. The third-order valence-corrected chi connectivity index (χ3v) is 3.09. The summed E-state index contributed by atoms with van der Waals surface area (Å²) in [5.74, 6) is -1.25. The van der Waals surface area contributed by atoms with E-state index in [4.69, 9.17) is 13.6 Å². The maximum Gasteiger partial charge on any atom is 0.126 e. The summed E-state index contributed by atoms with van der Waals surface area (Å²) in [6.07, 6.45) is 0.252. The zero-order valence-corrected chi connectivity index (χ0v) is 11.5. The molecule has 2 aromatic rings. The molecule has 6 heteroatoms. The van der Waals surface area contributed by atoms with Crippen molar-refractivity contribution in [2.24, 2.45) is 5.73 Å². The molecule has 0 bridgehead atoms. The Kier molecular flexibility index (Phi) is 4.32. The lowest BCUT2D eigenvalue weighted by Gasteiger charge is -2.14. The van der Waals surface area contributed by atoms with Crippen molar-refractivity contribution in [3.63, 3.8) is 0 Å². The van der Waals surface area contributed by atoms with E-state index in [1.54, 1.807) is 12.1 Å². The first-order valence-corrected chi connectivity index (χ1v) is 6.37. The summed E-state index contributed by atoms with van der Waals surface area (Å²) in [7, 11) is 5.79. The average molecular weight is 323 g/mol. The van der Waals surface area contributed by atoms with Crippen LogP contribution in [0.15, 0.2) is 34.9 Å². The summed E-state index contributed by atoms with van der Waals surface area (Å²) < 4.78 is 26.8. The Morgan fingerprint density at radius 1 is 1.21 bits per heavy atom. The summed E-state index contributed by atoms with van der Waals surface area (Å²) in [6.45, 7) is 0. The second kappa shape index (κ2) is 5.80. The molecular weight excluding hydrogens is 313 g/mol. The van der Waals surface area contributed by atoms with Crippen LogP contribution in [0.1, 0.15) is 17.3 Å². The van der Waals surface area contributed by atoms with Gasteiger partial charge in [-0.15, -0.1) is 0 Å². The maximum absolute atomic E-state index is 13.1. The molecule has 2 N–H and O–H groups in total. The van der Waals surface area contributed by atoms with E-state index in [1.165, 1.54) is 12.1 Å². The van der Waals surface area contributed by atoms with Crippen LogP contribution in [0.2, 0.25) is 0 Å². The van der Waals surface area contributed by atoms with Crippen LogP contribution in [0.25, 0.3) is 0 Å². The topological polar surface area (TPSA) is 38.9 Å². The van der Waals surface area contributed by atoms with Crippen LogP contribution in [0.4, 0.5) is 8.78 Å². The second-order valence-electron chi connectivity index (χ2n) is 4.20. The van der Waals surface area contributed by atoms with Gasteiger partial charge in [0.25, 0.3) is 0 Å². The van der Waals surface area contributed by atoms with Gasteiger partial charge in [-0.25, -0.2) is 13.8 Å². The summed E-state index contributed by atoms with van der Waals surface area (Å²) >= 11 is 3.23. The molecule has 0 amide bonds. The van der Waals surface area contributed by atoms with Gasteiger partial charge in [-0.3, -0.25) is 0 Å². The van der Waals surface area contributed by atoms with Gasteiger partial charge < -0.3 is 5.73 Å².